The summed E-state index contributed by atoms with van der Waals surface area (Å²) >= 11 is 0. The highest BCUT2D eigenvalue weighted by molar-refractivity contribution is 5.71. The molecule has 0 saturated carbocycles. The van der Waals surface area contributed by atoms with E-state index in [1.165, 1.54) is 244 Å². The Balaban J connectivity index is 4.15. The van der Waals surface area contributed by atoms with Crippen LogP contribution in [0.25, 0.3) is 0 Å². The average molecular weight is 946 g/mol. The summed E-state index contributed by atoms with van der Waals surface area (Å²) in [5.41, 5.74) is 0. The zero-order valence-corrected chi connectivity index (χ0v) is 45.5. The molecule has 0 aliphatic carbocycles. The first kappa shape index (κ1) is 65.1. The van der Waals surface area contributed by atoms with Crippen LogP contribution in [-0.2, 0) is 28.6 Å². The smallest absolute Gasteiger partial charge is 0.306 e. The minimum atomic E-state index is -0.763. The van der Waals surface area contributed by atoms with Gasteiger partial charge in [0, 0.05) is 19.3 Å². The fourth-order valence-electron chi connectivity index (χ4n) is 9.21. The van der Waals surface area contributed by atoms with Crippen molar-refractivity contribution in [1.82, 2.24) is 0 Å². The lowest BCUT2D eigenvalue weighted by Gasteiger charge is -2.18. The maximum Gasteiger partial charge on any atom is 0.306 e. The van der Waals surface area contributed by atoms with E-state index in [9.17, 15) is 14.4 Å². The zero-order chi connectivity index (χ0) is 48.6. The van der Waals surface area contributed by atoms with E-state index in [4.69, 9.17) is 14.2 Å². The molecule has 0 radical (unpaired) electrons. The van der Waals surface area contributed by atoms with Crippen molar-refractivity contribution in [3.8, 4) is 0 Å². The van der Waals surface area contributed by atoms with Crippen LogP contribution in [0.5, 0.6) is 0 Å². The number of carbonyl (C=O) groups excluding carboxylic acids is 3. The van der Waals surface area contributed by atoms with E-state index >= 15 is 0 Å². The SMILES string of the molecule is CCCCCCCCCC/C=C\CCCCCCCCCCCCCCCC(=O)OCC(COC(=O)CCCCCCCCCCCCCC)OC(=O)CCCCCCCCCCCCCC. The lowest BCUT2D eigenvalue weighted by Crippen LogP contribution is -2.30. The molecule has 1 unspecified atom stereocenters. The van der Waals surface area contributed by atoms with Gasteiger partial charge in [0.25, 0.3) is 0 Å². The van der Waals surface area contributed by atoms with Gasteiger partial charge in [-0.1, -0.05) is 290 Å². The number of unbranched alkanes of at least 4 members (excludes halogenated alkanes) is 43. The number of hydrogen-bond acceptors (Lipinski definition) is 6. The molecule has 0 amide bonds. The molecule has 0 aromatic rings. The van der Waals surface area contributed by atoms with E-state index in [1.54, 1.807) is 0 Å². The first-order chi connectivity index (χ1) is 33.0. The second-order valence-electron chi connectivity index (χ2n) is 20.6. The van der Waals surface area contributed by atoms with Gasteiger partial charge in [0.05, 0.1) is 0 Å². The summed E-state index contributed by atoms with van der Waals surface area (Å²) < 4.78 is 16.9. The van der Waals surface area contributed by atoms with E-state index in [-0.39, 0.29) is 31.1 Å². The van der Waals surface area contributed by atoms with Gasteiger partial charge in [-0.3, -0.25) is 14.4 Å². The third-order valence-electron chi connectivity index (χ3n) is 13.8. The second kappa shape index (κ2) is 56.7. The van der Waals surface area contributed by atoms with Gasteiger partial charge in [0.2, 0.25) is 0 Å². The largest absolute Gasteiger partial charge is 0.462 e. The summed E-state index contributed by atoms with van der Waals surface area (Å²) in [4.78, 5) is 38.1. The number of ether oxygens (including phenoxy) is 3. The fraction of sp³-hybridized carbons (Fsp3) is 0.918. The molecule has 0 fully saturated rings. The van der Waals surface area contributed by atoms with Crippen LogP contribution in [0.3, 0.4) is 0 Å². The van der Waals surface area contributed by atoms with Gasteiger partial charge in [-0.2, -0.15) is 0 Å². The molecule has 67 heavy (non-hydrogen) atoms. The Labute approximate surface area is 418 Å². The molecule has 0 bridgehead atoms. The van der Waals surface area contributed by atoms with Crippen molar-refractivity contribution in [2.45, 2.75) is 348 Å². The molecular formula is C61H116O6. The van der Waals surface area contributed by atoms with Gasteiger partial charge < -0.3 is 14.2 Å². The molecule has 0 spiro atoms. The topological polar surface area (TPSA) is 78.9 Å². The Hall–Kier alpha value is -1.85. The van der Waals surface area contributed by atoms with Crippen LogP contribution in [0.4, 0.5) is 0 Å². The molecular weight excluding hydrogens is 829 g/mol. The van der Waals surface area contributed by atoms with Crippen molar-refractivity contribution in [2.24, 2.45) is 0 Å². The van der Waals surface area contributed by atoms with Gasteiger partial charge in [0.15, 0.2) is 6.10 Å². The lowest BCUT2D eigenvalue weighted by atomic mass is 10.0. The van der Waals surface area contributed by atoms with E-state index in [1.807, 2.05) is 0 Å². The Morgan fingerprint density at radius 1 is 0.284 bits per heavy atom. The Bertz CT molecular complexity index is 1040. The van der Waals surface area contributed by atoms with Gasteiger partial charge in [-0.05, 0) is 44.9 Å². The van der Waals surface area contributed by atoms with Crippen LogP contribution in [-0.4, -0.2) is 37.2 Å². The van der Waals surface area contributed by atoms with Crippen molar-refractivity contribution in [1.29, 1.82) is 0 Å². The number of rotatable bonds is 56. The van der Waals surface area contributed by atoms with Gasteiger partial charge in [0.1, 0.15) is 13.2 Å². The zero-order valence-electron chi connectivity index (χ0n) is 45.5. The minimum absolute atomic E-state index is 0.0636. The predicted octanol–water partition coefficient (Wildman–Crippen LogP) is 20.1. The van der Waals surface area contributed by atoms with Crippen LogP contribution in [0, 0.1) is 0 Å². The highest BCUT2D eigenvalue weighted by Gasteiger charge is 2.19. The standard InChI is InChI=1S/C61H116O6/c1-4-7-10-13-16-19-22-25-26-27-28-29-30-31-32-33-34-35-36-37-40-42-45-48-51-54-60(63)66-57-58(67-61(64)55-52-49-46-43-39-24-21-18-15-12-9-6-3)56-65-59(62)53-50-47-44-41-38-23-20-17-14-11-8-5-2/h27-28,58H,4-26,29-57H2,1-3H3/b28-27-. The molecule has 0 aromatic carbocycles. The van der Waals surface area contributed by atoms with Crippen LogP contribution >= 0.6 is 0 Å². The van der Waals surface area contributed by atoms with Gasteiger partial charge in [-0.15, -0.1) is 0 Å². The second-order valence-corrected chi connectivity index (χ2v) is 20.6. The normalized spacial score (nSPS) is 12.0. The Morgan fingerprint density at radius 2 is 0.493 bits per heavy atom. The molecule has 0 saturated heterocycles. The molecule has 0 heterocycles. The van der Waals surface area contributed by atoms with E-state index in [0.29, 0.717) is 19.3 Å². The van der Waals surface area contributed by atoms with E-state index in [0.717, 1.165) is 57.8 Å². The summed E-state index contributed by atoms with van der Waals surface area (Å²) in [5.74, 6) is -0.840. The molecule has 0 N–H and O–H groups in total. The number of carbonyl (C=O) groups is 3. The van der Waals surface area contributed by atoms with Gasteiger partial charge >= 0.3 is 17.9 Å². The minimum Gasteiger partial charge on any atom is -0.462 e. The van der Waals surface area contributed by atoms with Crippen LogP contribution in [0.1, 0.15) is 342 Å². The highest BCUT2D eigenvalue weighted by Crippen LogP contribution is 2.17. The number of allylic oxidation sites excluding steroid dienone is 2. The average Bonchev–Trinajstić information content (AvgIpc) is 3.33. The van der Waals surface area contributed by atoms with Crippen molar-refractivity contribution >= 4 is 17.9 Å². The molecule has 0 aliphatic rings. The summed E-state index contributed by atoms with van der Waals surface area (Å²) in [5, 5.41) is 0. The molecule has 0 aliphatic heterocycles. The quantitative estimate of drug-likeness (QED) is 0.0262. The molecule has 6 nitrogen and oxygen atoms in total. The number of hydrogen-bond donors (Lipinski definition) is 0. The molecule has 6 heteroatoms. The summed E-state index contributed by atoms with van der Waals surface area (Å²) in [6.45, 7) is 6.69. The Kier molecular flexibility index (Phi) is 55.2. The summed E-state index contributed by atoms with van der Waals surface area (Å²) in [6.07, 6.45) is 65.0. The summed E-state index contributed by atoms with van der Waals surface area (Å²) in [7, 11) is 0. The van der Waals surface area contributed by atoms with Gasteiger partial charge in [-0.25, -0.2) is 0 Å². The molecule has 1 atom stereocenters. The molecule has 0 aromatic heterocycles. The fourth-order valence-corrected chi connectivity index (χ4v) is 9.21. The number of esters is 3. The Morgan fingerprint density at radius 3 is 0.746 bits per heavy atom. The maximum atomic E-state index is 12.8. The van der Waals surface area contributed by atoms with Crippen molar-refractivity contribution in [2.75, 3.05) is 13.2 Å². The highest BCUT2D eigenvalue weighted by atomic mass is 16.6. The van der Waals surface area contributed by atoms with Crippen molar-refractivity contribution in [3.05, 3.63) is 12.2 Å². The first-order valence-electron chi connectivity index (χ1n) is 30.2. The first-order valence-corrected chi connectivity index (χ1v) is 30.2. The molecule has 396 valence electrons. The van der Waals surface area contributed by atoms with Crippen LogP contribution in [0.2, 0.25) is 0 Å². The van der Waals surface area contributed by atoms with Crippen molar-refractivity contribution in [3.63, 3.8) is 0 Å². The predicted molar refractivity (Wildman–Crippen MR) is 289 cm³/mol. The summed E-state index contributed by atoms with van der Waals surface area (Å²) in [6, 6.07) is 0. The third kappa shape index (κ3) is 55.0. The monoisotopic (exact) mass is 945 g/mol. The lowest BCUT2D eigenvalue weighted by molar-refractivity contribution is -0.167. The molecule has 0 rings (SSSR count). The van der Waals surface area contributed by atoms with E-state index in [2.05, 4.69) is 32.9 Å². The third-order valence-corrected chi connectivity index (χ3v) is 13.8. The van der Waals surface area contributed by atoms with Crippen molar-refractivity contribution < 1.29 is 28.6 Å². The maximum absolute atomic E-state index is 12.8. The van der Waals surface area contributed by atoms with Crippen LogP contribution < -0.4 is 0 Å². The van der Waals surface area contributed by atoms with E-state index < -0.39 is 6.10 Å². The van der Waals surface area contributed by atoms with Crippen LogP contribution in [0.15, 0.2) is 12.2 Å².